The van der Waals surface area contributed by atoms with E-state index in [4.69, 9.17) is 0 Å². The summed E-state index contributed by atoms with van der Waals surface area (Å²) in [4.78, 5) is 0. The Morgan fingerprint density at radius 2 is 1.75 bits per heavy atom. The van der Waals surface area contributed by atoms with Crippen LogP contribution >= 0.6 is 0 Å². The van der Waals surface area contributed by atoms with E-state index in [-0.39, 0.29) is 17.9 Å². The van der Waals surface area contributed by atoms with E-state index in [9.17, 15) is 8.42 Å². The molecule has 0 aromatic heterocycles. The highest BCUT2D eigenvalue weighted by Gasteiger charge is 2.21. The second-order valence-corrected chi connectivity index (χ2v) is 5.90. The van der Waals surface area contributed by atoms with E-state index in [0.717, 1.165) is 6.26 Å². The van der Waals surface area contributed by atoms with Gasteiger partial charge in [-0.15, -0.1) is 0 Å². The van der Waals surface area contributed by atoms with E-state index in [0.29, 0.717) is 0 Å². The minimum Gasteiger partial charge on any atom is -0.270 e. The van der Waals surface area contributed by atoms with Crippen LogP contribution in [0.2, 0.25) is 0 Å². The minimum atomic E-state index is -3.28. The smallest absolute Gasteiger partial charge is 0.264 e. The van der Waals surface area contributed by atoms with Gasteiger partial charge in [0.15, 0.2) is 0 Å². The van der Waals surface area contributed by atoms with Crippen molar-refractivity contribution in [2.45, 2.75) is 27.7 Å². The highest BCUT2D eigenvalue weighted by Crippen LogP contribution is 2.25. The minimum absolute atomic E-state index is 0.0880. The molecular formula is C8H18O3S. The fourth-order valence-electron chi connectivity index (χ4n) is 0.476. The van der Waals surface area contributed by atoms with Gasteiger partial charge in [-0.2, -0.15) is 8.42 Å². The predicted octanol–water partition coefficient (Wildman–Crippen LogP) is 1.64. The van der Waals surface area contributed by atoms with Gasteiger partial charge < -0.3 is 0 Å². The second kappa shape index (κ2) is 3.75. The number of rotatable bonds is 3. The third-order valence-electron chi connectivity index (χ3n) is 2.01. The van der Waals surface area contributed by atoms with E-state index in [1.54, 1.807) is 0 Å². The molecule has 74 valence electrons. The lowest BCUT2D eigenvalue weighted by atomic mass is 9.83. The molecule has 0 aromatic rings. The van der Waals surface area contributed by atoms with Crippen LogP contribution in [-0.4, -0.2) is 21.3 Å². The Bertz CT molecular complexity index is 223. The van der Waals surface area contributed by atoms with Gasteiger partial charge in [-0.05, 0) is 11.3 Å². The summed E-state index contributed by atoms with van der Waals surface area (Å²) < 4.78 is 26.0. The molecule has 1 unspecified atom stereocenters. The zero-order valence-corrected chi connectivity index (χ0v) is 9.23. The molecule has 0 aliphatic rings. The topological polar surface area (TPSA) is 43.4 Å². The van der Waals surface area contributed by atoms with Crippen LogP contribution in [0.3, 0.4) is 0 Å². The summed E-state index contributed by atoms with van der Waals surface area (Å²) in [6.07, 6.45) is 1.07. The molecule has 12 heavy (non-hydrogen) atoms. The number of hydrogen-bond acceptors (Lipinski definition) is 3. The van der Waals surface area contributed by atoms with Gasteiger partial charge in [0.25, 0.3) is 10.1 Å². The summed E-state index contributed by atoms with van der Waals surface area (Å²) >= 11 is 0. The van der Waals surface area contributed by atoms with Gasteiger partial charge in [0.1, 0.15) is 0 Å². The fourth-order valence-corrected chi connectivity index (χ4v) is 0.927. The SMILES string of the molecule is CC(COS(C)(=O)=O)C(C)(C)C. The maximum Gasteiger partial charge on any atom is 0.264 e. The summed E-state index contributed by atoms with van der Waals surface area (Å²) in [5.41, 5.74) is 0.0880. The molecule has 0 bridgehead atoms. The summed E-state index contributed by atoms with van der Waals surface area (Å²) in [6.45, 7) is 8.42. The van der Waals surface area contributed by atoms with Crippen LogP contribution in [0.25, 0.3) is 0 Å². The highest BCUT2D eigenvalue weighted by molar-refractivity contribution is 7.85. The lowest BCUT2D eigenvalue weighted by Gasteiger charge is -2.26. The summed E-state index contributed by atoms with van der Waals surface area (Å²) in [5, 5.41) is 0. The van der Waals surface area contributed by atoms with Crippen molar-refractivity contribution in [3.8, 4) is 0 Å². The first-order chi connectivity index (χ1) is 5.13. The summed E-state index contributed by atoms with van der Waals surface area (Å²) in [6, 6.07) is 0. The Morgan fingerprint density at radius 1 is 1.33 bits per heavy atom. The van der Waals surface area contributed by atoms with Crippen molar-refractivity contribution in [2.24, 2.45) is 11.3 Å². The monoisotopic (exact) mass is 194 g/mol. The normalized spacial score (nSPS) is 16.1. The van der Waals surface area contributed by atoms with Gasteiger partial charge in [-0.1, -0.05) is 27.7 Å². The Balaban J connectivity index is 3.97. The van der Waals surface area contributed by atoms with Crippen LogP contribution in [0.5, 0.6) is 0 Å². The fraction of sp³-hybridized carbons (Fsp3) is 1.00. The lowest BCUT2D eigenvalue weighted by Crippen LogP contribution is -2.23. The maximum absolute atomic E-state index is 10.6. The largest absolute Gasteiger partial charge is 0.270 e. The zero-order valence-electron chi connectivity index (χ0n) is 8.42. The van der Waals surface area contributed by atoms with Crippen molar-refractivity contribution in [1.29, 1.82) is 0 Å². The van der Waals surface area contributed by atoms with Gasteiger partial charge in [0.2, 0.25) is 0 Å². The van der Waals surface area contributed by atoms with Gasteiger partial charge in [-0.3, -0.25) is 4.18 Å². The molecule has 0 amide bonds. The Kier molecular flexibility index (Phi) is 3.72. The summed E-state index contributed by atoms with van der Waals surface area (Å²) in [5.74, 6) is 0.229. The van der Waals surface area contributed by atoms with Crippen molar-refractivity contribution in [2.75, 3.05) is 12.9 Å². The van der Waals surface area contributed by atoms with Crippen LogP contribution in [0.15, 0.2) is 0 Å². The van der Waals surface area contributed by atoms with Gasteiger partial charge >= 0.3 is 0 Å². The van der Waals surface area contributed by atoms with E-state index in [2.05, 4.69) is 25.0 Å². The van der Waals surface area contributed by atoms with Crippen molar-refractivity contribution >= 4 is 10.1 Å². The highest BCUT2D eigenvalue weighted by atomic mass is 32.2. The molecule has 1 atom stereocenters. The molecule has 0 heterocycles. The van der Waals surface area contributed by atoms with Crippen LogP contribution < -0.4 is 0 Å². The van der Waals surface area contributed by atoms with Crippen molar-refractivity contribution in [3.63, 3.8) is 0 Å². The summed E-state index contributed by atoms with van der Waals surface area (Å²) in [7, 11) is -3.28. The van der Waals surface area contributed by atoms with Crippen molar-refractivity contribution < 1.29 is 12.6 Å². The van der Waals surface area contributed by atoms with E-state index in [1.807, 2.05) is 6.92 Å². The molecule has 4 heteroatoms. The van der Waals surface area contributed by atoms with Crippen LogP contribution in [-0.2, 0) is 14.3 Å². The number of hydrogen-bond donors (Lipinski definition) is 0. The predicted molar refractivity (Wildman–Crippen MR) is 49.4 cm³/mol. The first kappa shape index (κ1) is 11.9. The van der Waals surface area contributed by atoms with Crippen LogP contribution in [0.4, 0.5) is 0 Å². The molecule has 0 saturated carbocycles. The molecule has 0 N–H and O–H groups in total. The molecule has 0 saturated heterocycles. The Hall–Kier alpha value is -0.0900. The third kappa shape index (κ3) is 5.55. The van der Waals surface area contributed by atoms with Gasteiger partial charge in [-0.25, -0.2) is 0 Å². The molecule has 0 aliphatic heterocycles. The molecular weight excluding hydrogens is 176 g/mol. The van der Waals surface area contributed by atoms with E-state index < -0.39 is 10.1 Å². The van der Waals surface area contributed by atoms with E-state index >= 15 is 0 Å². The first-order valence-corrected chi connectivity index (χ1v) is 5.79. The Labute approximate surface area is 75.2 Å². The van der Waals surface area contributed by atoms with Crippen LogP contribution in [0.1, 0.15) is 27.7 Å². The average Bonchev–Trinajstić information content (AvgIpc) is 1.78. The molecule has 0 spiro atoms. The van der Waals surface area contributed by atoms with E-state index in [1.165, 1.54) is 0 Å². The lowest BCUT2D eigenvalue weighted by molar-refractivity contribution is 0.166. The van der Waals surface area contributed by atoms with Crippen LogP contribution in [0, 0.1) is 11.3 Å². The Morgan fingerprint density at radius 3 is 2.00 bits per heavy atom. The molecule has 0 aliphatic carbocycles. The molecule has 0 fully saturated rings. The molecule has 0 aromatic carbocycles. The molecule has 0 radical (unpaired) electrons. The standard InChI is InChI=1S/C8H18O3S/c1-7(8(2,3)4)6-11-12(5,9)10/h7H,6H2,1-5H3. The van der Waals surface area contributed by atoms with Crippen molar-refractivity contribution in [1.82, 2.24) is 0 Å². The molecule has 3 nitrogen and oxygen atoms in total. The molecule has 0 rings (SSSR count). The third-order valence-corrected chi connectivity index (χ3v) is 2.57. The van der Waals surface area contributed by atoms with Gasteiger partial charge in [0.05, 0.1) is 12.9 Å². The van der Waals surface area contributed by atoms with Gasteiger partial charge in [0, 0.05) is 0 Å². The maximum atomic E-state index is 10.6. The van der Waals surface area contributed by atoms with Crippen molar-refractivity contribution in [3.05, 3.63) is 0 Å². The average molecular weight is 194 g/mol. The second-order valence-electron chi connectivity index (χ2n) is 4.26. The first-order valence-electron chi connectivity index (χ1n) is 3.97. The quantitative estimate of drug-likeness (QED) is 0.641. The zero-order chi connectivity index (χ0) is 9.99.